The van der Waals surface area contributed by atoms with E-state index in [2.05, 4.69) is 5.32 Å². The lowest BCUT2D eigenvalue weighted by molar-refractivity contribution is -0.213. The second kappa shape index (κ2) is 12.2. The molecule has 194 valence electrons. The zero-order chi connectivity index (χ0) is 26.3. The van der Waals surface area contributed by atoms with Gasteiger partial charge in [0.15, 0.2) is 12.3 Å². The Morgan fingerprint density at radius 1 is 0.941 bits per heavy atom. The van der Waals surface area contributed by atoms with E-state index in [0.29, 0.717) is 0 Å². The normalized spacial score (nSPS) is 22.2. The van der Waals surface area contributed by atoms with Crippen molar-refractivity contribution >= 4 is 24.0 Å². The number of carbonyl (C=O) groups is 4. The molecule has 11 nitrogen and oxygen atoms in total. The van der Waals surface area contributed by atoms with E-state index in [-0.39, 0.29) is 6.61 Å². The summed E-state index contributed by atoms with van der Waals surface area (Å²) < 4.78 is 32.5. The monoisotopic (exact) mass is 487 g/mol. The molecule has 0 unspecified atom stereocenters. The Morgan fingerprint density at radius 3 is 2.03 bits per heavy atom. The van der Waals surface area contributed by atoms with Gasteiger partial charge in [0, 0.05) is 13.8 Å². The van der Waals surface area contributed by atoms with Gasteiger partial charge in [-0.05, 0) is 60.6 Å². The molecule has 0 aromatic heterocycles. The third kappa shape index (κ3) is 11.5. The largest absolute Gasteiger partial charge is 0.463 e. The quantitative estimate of drug-likeness (QED) is 0.309. The predicted molar refractivity (Wildman–Crippen MR) is 120 cm³/mol. The lowest BCUT2D eigenvalue weighted by atomic mass is 10.1. The molecule has 1 aliphatic rings. The molecule has 1 heterocycles. The van der Waals surface area contributed by atoms with Crippen LogP contribution in [0.3, 0.4) is 0 Å². The fourth-order valence-electron chi connectivity index (χ4n) is 2.79. The van der Waals surface area contributed by atoms with Gasteiger partial charge in [0.25, 0.3) is 0 Å². The van der Waals surface area contributed by atoms with Crippen LogP contribution in [0.5, 0.6) is 0 Å². The summed E-state index contributed by atoms with van der Waals surface area (Å²) in [6, 6.07) is -1.22. The first-order valence-corrected chi connectivity index (χ1v) is 11.0. The Morgan fingerprint density at radius 2 is 1.53 bits per heavy atom. The van der Waals surface area contributed by atoms with E-state index in [0.717, 1.165) is 0 Å². The number of esters is 3. The van der Waals surface area contributed by atoms with Crippen molar-refractivity contribution < 1.29 is 47.6 Å². The molecule has 0 radical (unpaired) electrons. The van der Waals surface area contributed by atoms with E-state index >= 15 is 0 Å². The fraction of sp³-hybridized carbons (Fsp3) is 0.739. The van der Waals surface area contributed by atoms with Gasteiger partial charge in [0.2, 0.25) is 0 Å². The molecule has 1 amide bonds. The minimum atomic E-state index is -1.22. The molecule has 5 atom stereocenters. The van der Waals surface area contributed by atoms with Crippen LogP contribution in [0, 0.1) is 0 Å². The van der Waals surface area contributed by atoms with Gasteiger partial charge in [0.1, 0.15) is 30.0 Å². The van der Waals surface area contributed by atoms with Crippen LogP contribution in [0.15, 0.2) is 12.2 Å². The maximum atomic E-state index is 12.8. The zero-order valence-corrected chi connectivity index (χ0v) is 21.3. The molecule has 0 saturated carbocycles. The summed E-state index contributed by atoms with van der Waals surface area (Å²) >= 11 is 0. The number of ether oxygens (including phenoxy) is 6. The van der Waals surface area contributed by atoms with Gasteiger partial charge in [-0.3, -0.25) is 9.59 Å². The van der Waals surface area contributed by atoms with Gasteiger partial charge < -0.3 is 33.7 Å². The van der Waals surface area contributed by atoms with E-state index in [1.54, 1.807) is 54.5 Å². The fourth-order valence-corrected chi connectivity index (χ4v) is 2.79. The Bertz CT molecular complexity index is 765. The Kier molecular flexibility index (Phi) is 10.5. The van der Waals surface area contributed by atoms with Crippen molar-refractivity contribution in [3.05, 3.63) is 12.2 Å². The molecule has 0 aromatic carbocycles. The highest BCUT2D eigenvalue weighted by Crippen LogP contribution is 2.21. The van der Waals surface area contributed by atoms with Crippen molar-refractivity contribution in [3.8, 4) is 0 Å². The summed E-state index contributed by atoms with van der Waals surface area (Å²) in [6.45, 7) is 14.0. The summed E-state index contributed by atoms with van der Waals surface area (Å²) in [4.78, 5) is 47.8. The number of carbonyl (C=O) groups excluding carboxylic acids is 4. The first kappa shape index (κ1) is 29.4. The molecule has 0 fully saturated rings. The van der Waals surface area contributed by atoms with Crippen LogP contribution in [-0.2, 0) is 42.8 Å². The smallest absolute Gasteiger partial charge is 0.408 e. The first-order valence-electron chi connectivity index (χ1n) is 11.0. The van der Waals surface area contributed by atoms with E-state index < -0.39 is 65.8 Å². The summed E-state index contributed by atoms with van der Waals surface area (Å²) in [5.41, 5.74) is -1.59. The number of alkyl carbamates (subject to hydrolysis) is 1. The third-order valence-corrected chi connectivity index (χ3v) is 4.04. The standard InChI is InChI=1S/C23H37NO10/c1-13(19(20(27)33-22(4,5)6)24-21(28)34-23(7,8)9)30-18-11-10-16(31-15(3)26)17(32-18)12-29-14(2)25/h10-11,13,16-19H,12H2,1-9H3,(H,24,28)/t13-,16+,17-,18+,19+/m1/s1. The van der Waals surface area contributed by atoms with Crippen LogP contribution in [0.1, 0.15) is 62.3 Å². The molecule has 0 saturated heterocycles. The van der Waals surface area contributed by atoms with E-state index in [4.69, 9.17) is 28.4 Å². The molecule has 0 bridgehead atoms. The first-order chi connectivity index (χ1) is 15.5. The molecule has 0 aromatic rings. The number of hydrogen-bond acceptors (Lipinski definition) is 10. The average Bonchev–Trinajstić information content (AvgIpc) is 2.62. The van der Waals surface area contributed by atoms with Crippen molar-refractivity contribution in [1.29, 1.82) is 0 Å². The number of rotatable bonds is 8. The Hall–Kier alpha value is -2.66. The van der Waals surface area contributed by atoms with Crippen molar-refractivity contribution in [3.63, 3.8) is 0 Å². The van der Waals surface area contributed by atoms with Crippen molar-refractivity contribution in [2.24, 2.45) is 0 Å². The maximum Gasteiger partial charge on any atom is 0.408 e. The van der Waals surface area contributed by atoms with Gasteiger partial charge >= 0.3 is 24.0 Å². The van der Waals surface area contributed by atoms with Gasteiger partial charge in [0.05, 0.1) is 6.10 Å². The minimum Gasteiger partial charge on any atom is -0.463 e. The van der Waals surface area contributed by atoms with E-state index in [1.807, 2.05) is 0 Å². The SMILES string of the molecule is CC(=O)OC[C@H]1O[C@H](O[C@H](C)[C@H](NC(=O)OC(C)(C)C)C(=O)OC(C)(C)C)C=C[C@@H]1OC(C)=O. The molecule has 1 aliphatic heterocycles. The number of amides is 1. The third-order valence-electron chi connectivity index (χ3n) is 4.04. The molecule has 0 spiro atoms. The maximum absolute atomic E-state index is 12.8. The van der Waals surface area contributed by atoms with E-state index in [1.165, 1.54) is 19.9 Å². The van der Waals surface area contributed by atoms with Crippen molar-refractivity contribution in [1.82, 2.24) is 5.32 Å². The summed E-state index contributed by atoms with van der Waals surface area (Å²) in [5.74, 6) is -1.79. The molecule has 34 heavy (non-hydrogen) atoms. The molecular weight excluding hydrogens is 450 g/mol. The zero-order valence-electron chi connectivity index (χ0n) is 21.3. The van der Waals surface area contributed by atoms with Gasteiger partial charge in [-0.15, -0.1) is 0 Å². The summed E-state index contributed by atoms with van der Waals surface area (Å²) in [6.07, 6.45) is -1.33. The van der Waals surface area contributed by atoms with Crippen molar-refractivity contribution in [2.45, 2.75) is 104 Å². The molecule has 1 rings (SSSR count). The van der Waals surface area contributed by atoms with Gasteiger partial charge in [-0.1, -0.05) is 0 Å². The van der Waals surface area contributed by atoms with E-state index in [9.17, 15) is 19.2 Å². The molecule has 0 aliphatic carbocycles. The Labute approximate surface area is 200 Å². The molecular formula is C23H37NO10. The highest BCUT2D eigenvalue weighted by atomic mass is 16.7. The van der Waals surface area contributed by atoms with Crippen LogP contribution in [0.4, 0.5) is 4.79 Å². The second-order valence-corrected chi connectivity index (χ2v) is 9.80. The summed E-state index contributed by atoms with van der Waals surface area (Å²) in [7, 11) is 0. The van der Waals surface area contributed by atoms with Crippen LogP contribution in [-0.4, -0.2) is 72.5 Å². The van der Waals surface area contributed by atoms with Gasteiger partial charge in [-0.2, -0.15) is 0 Å². The van der Waals surface area contributed by atoms with Crippen LogP contribution in [0.25, 0.3) is 0 Å². The number of hydrogen-bond donors (Lipinski definition) is 1. The van der Waals surface area contributed by atoms with Crippen LogP contribution in [0.2, 0.25) is 0 Å². The number of nitrogens with one attached hydrogen (secondary N) is 1. The highest BCUT2D eigenvalue weighted by Gasteiger charge is 2.37. The predicted octanol–water partition coefficient (Wildman–Crippen LogP) is 2.40. The lowest BCUT2D eigenvalue weighted by Crippen LogP contribution is -2.53. The van der Waals surface area contributed by atoms with Crippen LogP contribution < -0.4 is 5.32 Å². The Balaban J connectivity index is 3.00. The second-order valence-electron chi connectivity index (χ2n) is 9.80. The minimum absolute atomic E-state index is 0.183. The average molecular weight is 488 g/mol. The molecule has 1 N–H and O–H groups in total. The molecule has 11 heteroatoms. The highest BCUT2D eigenvalue weighted by molar-refractivity contribution is 5.82. The van der Waals surface area contributed by atoms with Crippen LogP contribution >= 0.6 is 0 Å². The van der Waals surface area contributed by atoms with Gasteiger partial charge in [-0.25, -0.2) is 9.59 Å². The topological polar surface area (TPSA) is 136 Å². The lowest BCUT2D eigenvalue weighted by Gasteiger charge is -2.34. The van der Waals surface area contributed by atoms with Crippen molar-refractivity contribution in [2.75, 3.05) is 6.61 Å². The summed E-state index contributed by atoms with van der Waals surface area (Å²) in [5, 5.41) is 2.49.